The second-order valence-corrected chi connectivity index (χ2v) is 10.0. The molecule has 184 valence electrons. The third-order valence-electron chi connectivity index (χ3n) is 4.41. The van der Waals surface area contributed by atoms with Crippen molar-refractivity contribution in [3.8, 4) is 0 Å². The third kappa shape index (κ3) is 6.46. The number of aliphatic hydroxyl groups is 3. The summed E-state index contributed by atoms with van der Waals surface area (Å²) in [6, 6.07) is -2.82. The molecule has 7 N–H and O–H groups in total. The smallest absolute Gasteiger partial charge is 0.370 e. The van der Waals surface area contributed by atoms with E-state index in [1.807, 2.05) is 0 Å². The molecule has 0 spiro atoms. The number of carbonyl (C=O) groups is 3. The van der Waals surface area contributed by atoms with Gasteiger partial charge in [0, 0.05) is 13.8 Å². The number of hydrogen-bond donors (Lipinski definition) is 7. The summed E-state index contributed by atoms with van der Waals surface area (Å²) >= 11 is 0.650. The number of nitrogens with zero attached hydrogens (tertiary/aromatic N) is 1. The van der Waals surface area contributed by atoms with E-state index in [1.54, 1.807) is 0 Å². The molecular formula is C17H24N4O10S2. The first-order chi connectivity index (χ1) is 15.3. The molecule has 33 heavy (non-hydrogen) atoms. The van der Waals surface area contributed by atoms with E-state index in [1.165, 1.54) is 13.8 Å². The van der Waals surface area contributed by atoms with Crippen LogP contribution in [0.1, 0.15) is 19.5 Å². The zero-order valence-corrected chi connectivity index (χ0v) is 19.3. The Labute approximate surface area is 192 Å². The largest absolute Gasteiger partial charge is 0.478 e. The lowest BCUT2D eigenvalue weighted by atomic mass is 9.92. The lowest BCUT2D eigenvalue weighted by Gasteiger charge is -2.39. The Balaban J connectivity index is 2.49. The number of ether oxygens (including phenoxy) is 1. The van der Waals surface area contributed by atoms with E-state index in [2.05, 4.69) is 20.3 Å². The highest BCUT2D eigenvalue weighted by molar-refractivity contribution is 7.91. The Hall–Kier alpha value is -2.63. The highest BCUT2D eigenvalue weighted by Gasteiger charge is 2.45. The molecule has 0 radical (unpaired) electrons. The molecule has 2 heterocycles. The number of amides is 2. The van der Waals surface area contributed by atoms with Crippen LogP contribution >= 0.6 is 11.3 Å². The van der Waals surface area contributed by atoms with Crippen molar-refractivity contribution < 1.29 is 48.0 Å². The number of anilines is 1. The van der Waals surface area contributed by atoms with Crippen molar-refractivity contribution in [2.24, 2.45) is 0 Å². The van der Waals surface area contributed by atoms with Crippen molar-refractivity contribution >= 4 is 44.3 Å². The van der Waals surface area contributed by atoms with Crippen LogP contribution in [0.4, 0.5) is 5.13 Å². The van der Waals surface area contributed by atoms with Crippen LogP contribution in [0.15, 0.2) is 16.0 Å². The maximum Gasteiger partial charge on any atom is 0.370 e. The molecule has 1 aromatic heterocycles. The molecule has 2 amide bonds. The summed E-state index contributed by atoms with van der Waals surface area (Å²) in [5.74, 6) is -3.49. The second kappa shape index (κ2) is 10.5. The van der Waals surface area contributed by atoms with Gasteiger partial charge in [-0.15, -0.1) is 0 Å². The molecule has 0 saturated carbocycles. The minimum atomic E-state index is -4.38. The SMILES string of the molecule is CC(=O)Nc1nc(C)c(S(=O)(=O)N[C@H]2C=C(C(=O)O)O[C@@H]([C@H](O)C(O)CO)[C@@H]2NC(C)=O)s1. The molecule has 5 atom stereocenters. The molecule has 1 unspecified atom stereocenters. The average molecular weight is 509 g/mol. The summed E-state index contributed by atoms with van der Waals surface area (Å²) < 4.78 is 33.3. The molecule has 1 aliphatic heterocycles. The quantitative estimate of drug-likeness (QED) is 0.187. The summed E-state index contributed by atoms with van der Waals surface area (Å²) in [4.78, 5) is 38.5. The van der Waals surface area contributed by atoms with E-state index in [0.29, 0.717) is 11.3 Å². The number of hydrogen-bond acceptors (Lipinski definition) is 11. The molecular weight excluding hydrogens is 484 g/mol. The summed E-state index contributed by atoms with van der Waals surface area (Å²) in [7, 11) is -4.38. The van der Waals surface area contributed by atoms with Gasteiger partial charge in [-0.05, 0) is 13.0 Å². The number of aliphatic carboxylic acids is 1. The highest BCUT2D eigenvalue weighted by atomic mass is 32.2. The number of carboxylic acid groups (broad SMARTS) is 1. The van der Waals surface area contributed by atoms with Gasteiger partial charge in [0.25, 0.3) is 10.0 Å². The third-order valence-corrected chi connectivity index (χ3v) is 7.55. The lowest BCUT2D eigenvalue weighted by molar-refractivity contribution is -0.146. The predicted octanol–water partition coefficient (Wildman–Crippen LogP) is -2.36. The fourth-order valence-electron chi connectivity index (χ4n) is 3.04. The van der Waals surface area contributed by atoms with Crippen LogP contribution in [0.5, 0.6) is 0 Å². The van der Waals surface area contributed by atoms with Crippen molar-refractivity contribution in [1.29, 1.82) is 0 Å². The van der Waals surface area contributed by atoms with E-state index in [9.17, 15) is 38.1 Å². The van der Waals surface area contributed by atoms with Gasteiger partial charge in [0.2, 0.25) is 17.6 Å². The molecule has 0 bridgehead atoms. The van der Waals surface area contributed by atoms with Gasteiger partial charge in [-0.2, -0.15) is 0 Å². The number of thiazole rings is 1. The molecule has 0 fully saturated rings. The monoisotopic (exact) mass is 508 g/mol. The van der Waals surface area contributed by atoms with Gasteiger partial charge >= 0.3 is 5.97 Å². The number of rotatable bonds is 9. The number of nitrogens with one attached hydrogen (secondary N) is 3. The second-order valence-electron chi connectivity index (χ2n) is 7.11. The fourth-order valence-corrected chi connectivity index (χ4v) is 5.72. The van der Waals surface area contributed by atoms with E-state index < -0.39 is 70.6 Å². The first-order valence-electron chi connectivity index (χ1n) is 9.40. The number of carbonyl (C=O) groups excluding carboxylic acids is 2. The number of aryl methyl sites for hydroxylation is 1. The van der Waals surface area contributed by atoms with Crippen LogP contribution < -0.4 is 15.4 Å². The van der Waals surface area contributed by atoms with Crippen LogP contribution in [-0.2, 0) is 29.1 Å². The molecule has 14 nitrogen and oxygen atoms in total. The Morgan fingerprint density at radius 1 is 1.24 bits per heavy atom. The van der Waals surface area contributed by atoms with E-state index >= 15 is 0 Å². The maximum absolute atomic E-state index is 13.1. The van der Waals surface area contributed by atoms with Crippen molar-refractivity contribution in [2.45, 2.75) is 55.4 Å². The molecule has 16 heteroatoms. The fraction of sp³-hybridized carbons (Fsp3) is 0.529. The molecule has 1 aromatic rings. The first-order valence-corrected chi connectivity index (χ1v) is 11.7. The molecule has 0 saturated heterocycles. The Bertz CT molecular complexity index is 1050. The minimum absolute atomic E-state index is 0.0203. The maximum atomic E-state index is 13.1. The minimum Gasteiger partial charge on any atom is -0.478 e. The zero-order valence-electron chi connectivity index (χ0n) is 17.7. The topological polar surface area (TPSA) is 224 Å². The predicted molar refractivity (Wildman–Crippen MR) is 113 cm³/mol. The standard InChI is InChI=1S/C17H24N4O10S2/c1-6-16(32-17(18-6)20-8(3)24)33(29,30)21-9-4-11(15(27)28)31-14(12(9)19-7(2)23)13(26)10(25)5-22/h4,9-10,12-14,21-22,25-26H,5H2,1-3H3,(H,19,23)(H,27,28)(H,18,20,24)/t9-,10?,12+,13+,14+/m0/s1. The molecule has 2 rings (SSSR count). The normalized spacial score (nSPS) is 22.5. The zero-order chi connectivity index (χ0) is 25.1. The number of aliphatic hydroxyl groups excluding tert-OH is 3. The first kappa shape index (κ1) is 26.6. The Morgan fingerprint density at radius 3 is 2.39 bits per heavy atom. The van der Waals surface area contributed by atoms with Crippen molar-refractivity contribution in [1.82, 2.24) is 15.0 Å². The lowest BCUT2D eigenvalue weighted by Crippen LogP contribution is -2.63. The van der Waals surface area contributed by atoms with Crippen LogP contribution in [0.3, 0.4) is 0 Å². The van der Waals surface area contributed by atoms with E-state index in [4.69, 9.17) is 9.84 Å². The highest BCUT2D eigenvalue weighted by Crippen LogP contribution is 2.29. The summed E-state index contributed by atoms with van der Waals surface area (Å²) in [5.41, 5.74) is 0.0501. The van der Waals surface area contributed by atoms with Crippen molar-refractivity contribution in [3.63, 3.8) is 0 Å². The molecule has 0 aromatic carbocycles. The summed E-state index contributed by atoms with van der Waals surface area (Å²) in [6.07, 6.45) is -4.42. The van der Waals surface area contributed by atoms with Gasteiger partial charge in [0.05, 0.1) is 24.4 Å². The van der Waals surface area contributed by atoms with E-state index in [0.717, 1.165) is 13.0 Å². The Morgan fingerprint density at radius 2 is 1.88 bits per heavy atom. The summed E-state index contributed by atoms with van der Waals surface area (Å²) in [5, 5.41) is 43.4. The van der Waals surface area contributed by atoms with Gasteiger partial charge in [-0.25, -0.2) is 22.9 Å². The van der Waals surface area contributed by atoms with Crippen LogP contribution in [0.25, 0.3) is 0 Å². The van der Waals surface area contributed by atoms with Crippen molar-refractivity contribution in [2.75, 3.05) is 11.9 Å². The van der Waals surface area contributed by atoms with Gasteiger partial charge in [0.15, 0.2) is 9.34 Å². The van der Waals surface area contributed by atoms with E-state index in [-0.39, 0.29) is 15.0 Å². The van der Waals surface area contributed by atoms with Gasteiger partial charge < -0.3 is 35.8 Å². The number of aromatic nitrogens is 1. The van der Waals surface area contributed by atoms with Gasteiger partial charge in [0.1, 0.15) is 18.3 Å². The average Bonchev–Trinajstić information content (AvgIpc) is 3.07. The molecule has 0 aliphatic carbocycles. The van der Waals surface area contributed by atoms with Crippen LogP contribution in [-0.4, -0.2) is 88.6 Å². The Kier molecular flexibility index (Phi) is 8.50. The van der Waals surface area contributed by atoms with Crippen molar-refractivity contribution in [3.05, 3.63) is 17.5 Å². The van der Waals surface area contributed by atoms with Gasteiger partial charge in [-0.3, -0.25) is 9.59 Å². The number of carboxylic acids is 1. The van der Waals surface area contributed by atoms with Gasteiger partial charge in [-0.1, -0.05) is 11.3 Å². The van der Waals surface area contributed by atoms with Crippen LogP contribution in [0, 0.1) is 6.92 Å². The molecule has 1 aliphatic rings. The number of sulfonamides is 1. The summed E-state index contributed by atoms with van der Waals surface area (Å²) in [6.45, 7) is 2.78. The van der Waals surface area contributed by atoms with Crippen LogP contribution in [0.2, 0.25) is 0 Å².